The zero-order chi connectivity index (χ0) is 22.0. The lowest BCUT2D eigenvalue weighted by Gasteiger charge is -2.21. The Labute approximate surface area is 190 Å². The van der Waals surface area contributed by atoms with Crippen LogP contribution in [0.5, 0.6) is 0 Å². The number of nitrogens with one attached hydrogen (secondary N) is 2. The van der Waals surface area contributed by atoms with Gasteiger partial charge in [0, 0.05) is 24.0 Å². The van der Waals surface area contributed by atoms with Crippen molar-refractivity contribution in [3.05, 3.63) is 35.2 Å². The van der Waals surface area contributed by atoms with Gasteiger partial charge in [0.25, 0.3) is 0 Å². The lowest BCUT2D eigenvalue weighted by molar-refractivity contribution is -0.117. The first kappa shape index (κ1) is 19.9. The number of amides is 1. The summed E-state index contributed by atoms with van der Waals surface area (Å²) >= 11 is 7.87. The van der Waals surface area contributed by atoms with E-state index in [9.17, 15) is 9.18 Å². The third kappa shape index (κ3) is 3.14. The first-order valence-electron chi connectivity index (χ1n) is 10.5. The summed E-state index contributed by atoms with van der Waals surface area (Å²) in [6, 6.07) is 5.51. The number of fused-ring (bicyclic) bond motifs is 2. The first-order valence-corrected chi connectivity index (χ1v) is 11.7. The summed E-state index contributed by atoms with van der Waals surface area (Å²) in [6.45, 7) is 1.57. The van der Waals surface area contributed by atoms with E-state index in [0.717, 1.165) is 41.6 Å². The molecule has 4 aromatic rings. The first-order chi connectivity index (χ1) is 15.5. The Bertz CT molecular complexity index is 1380. The molecule has 1 saturated heterocycles. The molecule has 10 heteroatoms. The zero-order valence-electron chi connectivity index (χ0n) is 16.8. The minimum absolute atomic E-state index is 0.0564. The van der Waals surface area contributed by atoms with Gasteiger partial charge in [-0.1, -0.05) is 29.0 Å². The van der Waals surface area contributed by atoms with E-state index in [4.69, 9.17) is 11.6 Å². The highest BCUT2D eigenvalue weighted by molar-refractivity contribution is 7.22. The third-order valence-corrected chi connectivity index (χ3v) is 7.43. The van der Waals surface area contributed by atoms with Crippen LogP contribution in [0, 0.1) is 11.7 Å². The van der Waals surface area contributed by atoms with Crippen molar-refractivity contribution >= 4 is 60.8 Å². The smallest absolute Gasteiger partial charge is 0.232 e. The molecule has 2 aromatic heterocycles. The third-order valence-electron chi connectivity index (χ3n) is 6.14. The van der Waals surface area contributed by atoms with E-state index in [2.05, 4.69) is 20.5 Å². The normalized spacial score (nSPS) is 20.4. The zero-order valence-corrected chi connectivity index (χ0v) is 18.4. The molecule has 6 rings (SSSR count). The summed E-state index contributed by atoms with van der Waals surface area (Å²) in [5.74, 6) is -1.38. The van der Waals surface area contributed by atoms with Gasteiger partial charge >= 0.3 is 0 Å². The van der Waals surface area contributed by atoms with Gasteiger partial charge in [0.1, 0.15) is 11.9 Å². The minimum atomic E-state index is -1.06. The summed E-state index contributed by atoms with van der Waals surface area (Å²) < 4.78 is 29.4. The fraction of sp³-hybridized carbons (Fsp3) is 0.318. The highest BCUT2D eigenvalue weighted by Gasteiger charge is 2.43. The molecular formula is C22H18ClF2N5OS. The second-order valence-corrected chi connectivity index (χ2v) is 9.66. The van der Waals surface area contributed by atoms with Gasteiger partial charge in [-0.05, 0) is 37.0 Å². The van der Waals surface area contributed by atoms with Crippen molar-refractivity contribution in [2.75, 3.05) is 23.3 Å². The van der Waals surface area contributed by atoms with Crippen molar-refractivity contribution in [1.29, 1.82) is 0 Å². The number of halogens is 3. The van der Waals surface area contributed by atoms with Gasteiger partial charge in [0.05, 0.1) is 32.9 Å². The Balaban J connectivity index is 1.42. The molecule has 2 fully saturated rings. The molecule has 164 valence electrons. The van der Waals surface area contributed by atoms with E-state index in [1.165, 1.54) is 11.3 Å². The van der Waals surface area contributed by atoms with Crippen molar-refractivity contribution in [2.24, 2.45) is 5.92 Å². The number of aromatic amines is 1. The van der Waals surface area contributed by atoms with Gasteiger partial charge in [0.2, 0.25) is 5.91 Å². The van der Waals surface area contributed by atoms with Crippen molar-refractivity contribution in [3.8, 4) is 11.1 Å². The van der Waals surface area contributed by atoms with Crippen LogP contribution in [0.2, 0.25) is 5.02 Å². The molecule has 32 heavy (non-hydrogen) atoms. The fourth-order valence-corrected chi connectivity index (χ4v) is 5.59. The van der Waals surface area contributed by atoms with Crippen molar-refractivity contribution < 1.29 is 13.6 Å². The molecule has 1 saturated carbocycles. The molecule has 0 unspecified atom stereocenters. The molecule has 2 aliphatic rings. The van der Waals surface area contributed by atoms with E-state index < -0.39 is 17.9 Å². The molecule has 1 amide bonds. The number of hydrogen-bond acceptors (Lipinski definition) is 5. The van der Waals surface area contributed by atoms with E-state index >= 15 is 4.39 Å². The van der Waals surface area contributed by atoms with E-state index in [1.54, 1.807) is 12.3 Å². The molecule has 2 atom stereocenters. The molecule has 1 aliphatic carbocycles. The van der Waals surface area contributed by atoms with Crippen molar-refractivity contribution in [1.82, 2.24) is 15.2 Å². The standard InChI is InChI=1S/C22H18ClF2N5OS/c23-17-16(12-9-26-29-19(12)20(18(17)25)30-5-1-2-6-30)10-3-4-14-15(7-10)32-22(27-14)28-21(31)11-8-13(11)24/h3-4,7,9,11,13H,1-2,5-6,8H2,(H,26,29)(H,27,28,31)/t11-,13+/m1/s1. The number of alkyl halides is 1. The maximum atomic E-state index is 15.5. The average Bonchev–Trinajstić information content (AvgIpc) is 3.21. The Morgan fingerprint density at radius 1 is 1.31 bits per heavy atom. The summed E-state index contributed by atoms with van der Waals surface area (Å²) in [5, 5.41) is 11.0. The number of nitrogens with zero attached hydrogens (tertiary/aromatic N) is 3. The molecule has 0 spiro atoms. The molecule has 2 aromatic carbocycles. The van der Waals surface area contributed by atoms with Crippen molar-refractivity contribution in [3.63, 3.8) is 0 Å². The Hall–Kier alpha value is -2.78. The van der Waals surface area contributed by atoms with Crippen LogP contribution >= 0.6 is 22.9 Å². The summed E-state index contributed by atoms with van der Waals surface area (Å²) in [4.78, 5) is 18.5. The summed E-state index contributed by atoms with van der Waals surface area (Å²) in [7, 11) is 0. The Kier molecular flexibility index (Phi) is 4.58. The number of aromatic nitrogens is 3. The maximum Gasteiger partial charge on any atom is 0.232 e. The van der Waals surface area contributed by atoms with Crippen LogP contribution in [0.15, 0.2) is 24.4 Å². The van der Waals surface area contributed by atoms with Crippen LogP contribution in [0.4, 0.5) is 19.6 Å². The maximum absolute atomic E-state index is 15.5. The largest absolute Gasteiger partial charge is 0.367 e. The fourth-order valence-electron chi connectivity index (χ4n) is 4.38. The predicted molar refractivity (Wildman–Crippen MR) is 123 cm³/mol. The van der Waals surface area contributed by atoms with Crippen molar-refractivity contribution in [2.45, 2.75) is 25.4 Å². The second-order valence-electron chi connectivity index (χ2n) is 8.25. The lowest BCUT2D eigenvalue weighted by Crippen LogP contribution is -2.19. The monoisotopic (exact) mass is 473 g/mol. The topological polar surface area (TPSA) is 73.9 Å². The molecule has 1 aliphatic heterocycles. The van der Waals surface area contributed by atoms with Crippen LogP contribution in [0.3, 0.4) is 0 Å². The predicted octanol–water partition coefficient (Wildman–Crippen LogP) is 5.53. The van der Waals surface area contributed by atoms with Crippen LogP contribution < -0.4 is 10.2 Å². The van der Waals surface area contributed by atoms with Crippen LogP contribution in [0.1, 0.15) is 19.3 Å². The van der Waals surface area contributed by atoms with Gasteiger partial charge in [-0.15, -0.1) is 0 Å². The van der Waals surface area contributed by atoms with E-state index in [1.807, 2.05) is 17.0 Å². The number of anilines is 2. The summed E-state index contributed by atoms with van der Waals surface area (Å²) in [6.07, 6.45) is 2.90. The Morgan fingerprint density at radius 2 is 2.09 bits per heavy atom. The molecule has 0 radical (unpaired) electrons. The quantitative estimate of drug-likeness (QED) is 0.409. The van der Waals surface area contributed by atoms with Gasteiger partial charge in [-0.2, -0.15) is 5.10 Å². The van der Waals surface area contributed by atoms with E-state index in [0.29, 0.717) is 27.4 Å². The second kappa shape index (κ2) is 7.38. The minimum Gasteiger partial charge on any atom is -0.367 e. The Morgan fingerprint density at radius 3 is 2.84 bits per heavy atom. The SMILES string of the molecule is O=C(Nc1nc2ccc(-c3c(Cl)c(F)c(N4CCCC4)c4[nH]ncc34)cc2s1)[C@@H]1C[C@@H]1F. The number of carbonyl (C=O) groups is 1. The van der Waals surface area contributed by atoms with E-state index in [-0.39, 0.29) is 17.4 Å². The number of rotatable bonds is 4. The van der Waals surface area contributed by atoms with Crippen LogP contribution in [0.25, 0.3) is 32.2 Å². The lowest BCUT2D eigenvalue weighted by atomic mass is 10.00. The van der Waals surface area contributed by atoms with Gasteiger partial charge < -0.3 is 10.2 Å². The number of thiazole rings is 1. The van der Waals surface area contributed by atoms with Gasteiger partial charge in [-0.3, -0.25) is 9.89 Å². The molecule has 0 bridgehead atoms. The summed E-state index contributed by atoms with van der Waals surface area (Å²) in [5.41, 5.74) is 3.09. The van der Waals surface area contributed by atoms with Crippen LogP contribution in [-0.4, -0.2) is 40.3 Å². The van der Waals surface area contributed by atoms with Gasteiger partial charge in [0.15, 0.2) is 10.9 Å². The highest BCUT2D eigenvalue weighted by atomic mass is 35.5. The number of benzene rings is 2. The average molecular weight is 474 g/mol. The number of carbonyl (C=O) groups excluding carboxylic acids is 1. The number of hydrogen-bond donors (Lipinski definition) is 2. The molecule has 2 N–H and O–H groups in total. The molecule has 3 heterocycles. The van der Waals surface area contributed by atoms with Gasteiger partial charge in [-0.25, -0.2) is 13.8 Å². The molecule has 6 nitrogen and oxygen atoms in total. The van der Waals surface area contributed by atoms with Crippen LogP contribution in [-0.2, 0) is 4.79 Å². The molecular weight excluding hydrogens is 456 g/mol. The highest BCUT2D eigenvalue weighted by Crippen LogP contribution is 2.44. The number of H-pyrrole nitrogens is 1.